The SMILES string of the molecule is CCOC(=O)c1[nH]c(C)c(C(=O)CN(Cc2cccnc2)C(=O)C2CC2)c1C. The maximum absolute atomic E-state index is 13.0. The molecule has 2 aromatic heterocycles. The molecule has 0 aromatic carbocycles. The maximum atomic E-state index is 13.0. The van der Waals surface area contributed by atoms with Gasteiger partial charge in [0.2, 0.25) is 5.91 Å². The summed E-state index contributed by atoms with van der Waals surface area (Å²) in [5.74, 6) is -0.676. The summed E-state index contributed by atoms with van der Waals surface area (Å²) >= 11 is 0. The first-order valence-electron chi connectivity index (χ1n) is 9.49. The molecule has 0 unspecified atom stereocenters. The highest BCUT2D eigenvalue weighted by molar-refractivity contribution is 6.04. The van der Waals surface area contributed by atoms with E-state index >= 15 is 0 Å². The number of pyridine rings is 1. The first-order valence-corrected chi connectivity index (χ1v) is 9.49. The summed E-state index contributed by atoms with van der Waals surface area (Å²) in [4.78, 5) is 46.5. The topological polar surface area (TPSA) is 92.4 Å². The molecule has 7 heteroatoms. The lowest BCUT2D eigenvalue weighted by Gasteiger charge is -2.22. The Kier molecular flexibility index (Phi) is 5.92. The van der Waals surface area contributed by atoms with Gasteiger partial charge in [0.25, 0.3) is 0 Å². The standard InChI is InChI=1S/C21H25N3O4/c1-4-28-21(27)19-13(2)18(14(3)23-19)17(25)12-24(20(26)16-7-8-16)11-15-6-5-9-22-10-15/h5-6,9-10,16,23H,4,7-8,11-12H2,1-3H3. The number of nitrogens with zero attached hydrogens (tertiary/aromatic N) is 2. The number of aryl methyl sites for hydroxylation is 1. The summed E-state index contributed by atoms with van der Waals surface area (Å²) in [5.41, 5.74) is 2.77. The van der Waals surface area contributed by atoms with Crippen molar-refractivity contribution in [3.63, 3.8) is 0 Å². The Hall–Kier alpha value is -2.96. The van der Waals surface area contributed by atoms with Crippen molar-refractivity contribution in [2.45, 2.75) is 40.2 Å². The summed E-state index contributed by atoms with van der Waals surface area (Å²) in [6.45, 7) is 5.76. The third-order valence-electron chi connectivity index (χ3n) is 4.86. The van der Waals surface area contributed by atoms with Gasteiger partial charge in [-0.05, 0) is 50.8 Å². The van der Waals surface area contributed by atoms with Gasteiger partial charge in [0, 0.05) is 36.1 Å². The number of H-pyrrole nitrogens is 1. The summed E-state index contributed by atoms with van der Waals surface area (Å²) in [5, 5.41) is 0. The number of carbonyl (C=O) groups is 3. The van der Waals surface area contributed by atoms with Crippen LogP contribution in [0.3, 0.4) is 0 Å². The van der Waals surface area contributed by atoms with Crippen LogP contribution in [0.4, 0.5) is 0 Å². The van der Waals surface area contributed by atoms with Gasteiger partial charge in [0.15, 0.2) is 5.78 Å². The van der Waals surface area contributed by atoms with Crippen molar-refractivity contribution in [3.05, 3.63) is 52.6 Å². The molecule has 1 aliphatic rings. The van der Waals surface area contributed by atoms with Gasteiger partial charge in [-0.2, -0.15) is 0 Å². The average Bonchev–Trinajstić information content (AvgIpc) is 3.47. The van der Waals surface area contributed by atoms with Crippen molar-refractivity contribution in [2.24, 2.45) is 5.92 Å². The summed E-state index contributed by atoms with van der Waals surface area (Å²) in [7, 11) is 0. The van der Waals surface area contributed by atoms with E-state index in [1.54, 1.807) is 38.1 Å². The first kappa shape index (κ1) is 19.8. The van der Waals surface area contributed by atoms with Crippen molar-refractivity contribution in [1.82, 2.24) is 14.9 Å². The Bertz CT molecular complexity index is 885. The van der Waals surface area contributed by atoms with Crippen molar-refractivity contribution in [2.75, 3.05) is 13.2 Å². The van der Waals surface area contributed by atoms with Crippen LogP contribution < -0.4 is 0 Å². The Morgan fingerprint density at radius 3 is 2.64 bits per heavy atom. The number of Topliss-reactive ketones (excluding diaryl/α,β-unsaturated/α-hetero) is 1. The molecule has 148 valence electrons. The average molecular weight is 383 g/mol. The fraction of sp³-hybridized carbons (Fsp3) is 0.429. The second-order valence-electron chi connectivity index (χ2n) is 7.10. The first-order chi connectivity index (χ1) is 13.4. The Morgan fingerprint density at radius 1 is 1.29 bits per heavy atom. The maximum Gasteiger partial charge on any atom is 0.355 e. The molecule has 7 nitrogen and oxygen atoms in total. The number of rotatable bonds is 8. The Morgan fingerprint density at radius 2 is 2.04 bits per heavy atom. The quantitative estimate of drug-likeness (QED) is 0.559. The predicted octanol–water partition coefficient (Wildman–Crippen LogP) is 2.82. The van der Waals surface area contributed by atoms with Gasteiger partial charge in [-0.3, -0.25) is 14.6 Å². The van der Waals surface area contributed by atoms with E-state index in [-0.39, 0.29) is 36.5 Å². The van der Waals surface area contributed by atoms with Crippen molar-refractivity contribution in [3.8, 4) is 0 Å². The molecule has 1 saturated carbocycles. The highest BCUT2D eigenvalue weighted by Gasteiger charge is 2.35. The van der Waals surface area contributed by atoms with Crippen molar-refractivity contribution < 1.29 is 19.1 Å². The van der Waals surface area contributed by atoms with Crippen molar-refractivity contribution >= 4 is 17.7 Å². The third-order valence-corrected chi connectivity index (χ3v) is 4.86. The number of ketones is 1. The van der Waals surface area contributed by atoms with E-state index in [0.717, 1.165) is 18.4 Å². The molecule has 2 aromatic rings. The second-order valence-corrected chi connectivity index (χ2v) is 7.10. The lowest BCUT2D eigenvalue weighted by atomic mass is 10.0. The molecule has 0 bridgehead atoms. The molecule has 28 heavy (non-hydrogen) atoms. The Balaban J connectivity index is 1.82. The number of ether oxygens (including phenoxy) is 1. The molecule has 0 spiro atoms. The molecule has 0 radical (unpaired) electrons. The van der Waals surface area contributed by atoms with E-state index < -0.39 is 5.97 Å². The van der Waals surface area contributed by atoms with Gasteiger partial charge in [-0.25, -0.2) is 4.79 Å². The molecule has 2 heterocycles. The monoisotopic (exact) mass is 383 g/mol. The van der Waals surface area contributed by atoms with Crippen LogP contribution in [0.25, 0.3) is 0 Å². The number of esters is 1. The van der Waals surface area contributed by atoms with Crippen LogP contribution in [0.15, 0.2) is 24.5 Å². The smallest absolute Gasteiger partial charge is 0.355 e. The molecule has 0 atom stereocenters. The molecule has 0 saturated heterocycles. The van der Waals surface area contributed by atoms with Crippen molar-refractivity contribution in [1.29, 1.82) is 0 Å². The van der Waals surface area contributed by atoms with Crippen LogP contribution in [-0.4, -0.2) is 45.7 Å². The van der Waals surface area contributed by atoms with E-state index in [1.165, 1.54) is 0 Å². The van der Waals surface area contributed by atoms with Crippen LogP contribution in [0.5, 0.6) is 0 Å². The van der Waals surface area contributed by atoms with Crippen LogP contribution in [0.2, 0.25) is 0 Å². The number of nitrogens with one attached hydrogen (secondary N) is 1. The number of carbonyl (C=O) groups excluding carboxylic acids is 3. The van der Waals surface area contributed by atoms with Gasteiger partial charge in [0.1, 0.15) is 5.69 Å². The van der Waals surface area contributed by atoms with E-state index in [2.05, 4.69) is 9.97 Å². The lowest BCUT2D eigenvalue weighted by Crippen LogP contribution is -2.36. The lowest BCUT2D eigenvalue weighted by molar-refractivity contribution is -0.132. The number of aromatic nitrogens is 2. The number of aromatic amines is 1. The minimum atomic E-state index is -0.483. The van der Waals surface area contributed by atoms with E-state index in [9.17, 15) is 14.4 Å². The summed E-state index contributed by atoms with van der Waals surface area (Å²) in [6.07, 6.45) is 5.10. The van der Waals surface area contributed by atoms with Gasteiger partial charge in [-0.1, -0.05) is 6.07 Å². The summed E-state index contributed by atoms with van der Waals surface area (Å²) < 4.78 is 5.04. The van der Waals surface area contributed by atoms with Crippen LogP contribution >= 0.6 is 0 Å². The zero-order valence-electron chi connectivity index (χ0n) is 16.4. The van der Waals surface area contributed by atoms with Crippen LogP contribution in [0, 0.1) is 19.8 Å². The fourth-order valence-corrected chi connectivity index (χ4v) is 3.34. The van der Waals surface area contributed by atoms with Gasteiger partial charge < -0.3 is 14.6 Å². The molecule has 1 aliphatic carbocycles. The molecule has 1 N–H and O–H groups in total. The predicted molar refractivity (Wildman–Crippen MR) is 103 cm³/mol. The minimum Gasteiger partial charge on any atom is -0.461 e. The van der Waals surface area contributed by atoms with Crippen LogP contribution in [0.1, 0.15) is 57.4 Å². The second kappa shape index (κ2) is 8.37. The van der Waals surface area contributed by atoms with Gasteiger partial charge >= 0.3 is 5.97 Å². The molecule has 1 fully saturated rings. The highest BCUT2D eigenvalue weighted by atomic mass is 16.5. The molecule has 3 rings (SSSR count). The number of amides is 1. The molecular formula is C21H25N3O4. The highest BCUT2D eigenvalue weighted by Crippen LogP contribution is 2.32. The zero-order chi connectivity index (χ0) is 20.3. The molecule has 0 aliphatic heterocycles. The van der Waals surface area contributed by atoms with E-state index in [0.29, 0.717) is 23.4 Å². The normalized spacial score (nSPS) is 13.2. The van der Waals surface area contributed by atoms with E-state index in [1.807, 2.05) is 12.1 Å². The molecule has 1 amide bonds. The largest absolute Gasteiger partial charge is 0.461 e. The minimum absolute atomic E-state index is 0.00587. The number of hydrogen-bond acceptors (Lipinski definition) is 5. The molecular weight excluding hydrogens is 358 g/mol. The third kappa shape index (κ3) is 4.30. The fourth-order valence-electron chi connectivity index (χ4n) is 3.34. The van der Waals surface area contributed by atoms with Crippen LogP contribution in [-0.2, 0) is 16.1 Å². The Labute approximate surface area is 164 Å². The van der Waals surface area contributed by atoms with Gasteiger partial charge in [-0.15, -0.1) is 0 Å². The van der Waals surface area contributed by atoms with Gasteiger partial charge in [0.05, 0.1) is 13.2 Å². The van der Waals surface area contributed by atoms with E-state index in [4.69, 9.17) is 4.74 Å². The zero-order valence-corrected chi connectivity index (χ0v) is 16.4. The number of hydrogen-bond donors (Lipinski definition) is 1. The summed E-state index contributed by atoms with van der Waals surface area (Å²) in [6, 6.07) is 3.69.